The molecule has 1 N–H and O–H groups in total. The number of nitrogens with one attached hydrogen (secondary N) is 1. The average molecular weight is 433 g/mol. The largest absolute Gasteiger partial charge is 0.493 e. The second-order valence-corrected chi connectivity index (χ2v) is 7.74. The molecule has 1 unspecified atom stereocenters. The number of hydrogen-bond acceptors (Lipinski definition) is 7. The minimum atomic E-state index is 0.351. The Balaban J connectivity index is 1.48. The molecule has 1 aliphatic heterocycles. The Morgan fingerprint density at radius 3 is 2.88 bits per heavy atom. The van der Waals surface area contributed by atoms with Crippen LogP contribution in [0.4, 0.5) is 11.5 Å². The number of benzene rings is 2. The monoisotopic (exact) mass is 432 g/mol. The minimum absolute atomic E-state index is 0.351. The maximum atomic E-state index is 6.10. The highest BCUT2D eigenvalue weighted by molar-refractivity contribution is 5.93. The lowest BCUT2D eigenvalue weighted by atomic mass is 10.2. The summed E-state index contributed by atoms with van der Waals surface area (Å²) in [7, 11) is 3.41. The van der Waals surface area contributed by atoms with Gasteiger partial charge in [-0.25, -0.2) is 9.97 Å². The zero-order valence-corrected chi connectivity index (χ0v) is 18.5. The van der Waals surface area contributed by atoms with Crippen LogP contribution in [0.5, 0.6) is 11.5 Å². The molecule has 3 aromatic rings. The normalized spacial score (nSPS) is 16.1. The fourth-order valence-corrected chi connectivity index (χ4v) is 3.92. The van der Waals surface area contributed by atoms with E-state index in [4.69, 9.17) is 20.6 Å². The molecule has 0 saturated carbocycles. The van der Waals surface area contributed by atoms with Crippen molar-refractivity contribution in [3.63, 3.8) is 0 Å². The van der Waals surface area contributed by atoms with Crippen molar-refractivity contribution in [1.29, 1.82) is 0 Å². The number of fused-ring (bicyclic) bond motifs is 1. The van der Waals surface area contributed by atoms with Gasteiger partial charge in [-0.3, -0.25) is 0 Å². The van der Waals surface area contributed by atoms with Gasteiger partial charge < -0.3 is 24.4 Å². The summed E-state index contributed by atoms with van der Waals surface area (Å²) >= 11 is 0. The summed E-state index contributed by atoms with van der Waals surface area (Å²) in [5, 5.41) is 4.18. The number of aromatic nitrogens is 2. The number of ether oxygens (including phenoxy) is 3. The first kappa shape index (κ1) is 21.9. The first-order chi connectivity index (χ1) is 15.7. The summed E-state index contributed by atoms with van der Waals surface area (Å²) in [6, 6.07) is 11.5. The number of terminal acetylenes is 1. The third-order valence-electron chi connectivity index (χ3n) is 5.65. The van der Waals surface area contributed by atoms with E-state index in [1.54, 1.807) is 14.2 Å². The van der Waals surface area contributed by atoms with Crippen LogP contribution in [0.2, 0.25) is 0 Å². The van der Waals surface area contributed by atoms with Gasteiger partial charge in [0.1, 0.15) is 12.1 Å². The minimum Gasteiger partial charge on any atom is -0.493 e. The van der Waals surface area contributed by atoms with E-state index in [9.17, 15) is 0 Å². The molecule has 1 fully saturated rings. The van der Waals surface area contributed by atoms with Gasteiger partial charge in [-0.2, -0.15) is 0 Å². The van der Waals surface area contributed by atoms with Crippen LogP contribution < -0.4 is 14.8 Å². The highest BCUT2D eigenvalue weighted by atomic mass is 16.5. The van der Waals surface area contributed by atoms with Crippen molar-refractivity contribution >= 4 is 22.4 Å². The van der Waals surface area contributed by atoms with Crippen LogP contribution in [0.15, 0.2) is 42.7 Å². The van der Waals surface area contributed by atoms with Crippen molar-refractivity contribution in [3.8, 4) is 23.8 Å². The van der Waals surface area contributed by atoms with Gasteiger partial charge in [-0.05, 0) is 37.1 Å². The SMILES string of the molecule is C#Cc1cccc(Nc2ncnc3cc(OC)c(OCCCN4CCC(OC)C4)cc23)c1. The Morgan fingerprint density at radius 1 is 1.19 bits per heavy atom. The second kappa shape index (κ2) is 10.3. The van der Waals surface area contributed by atoms with E-state index in [1.807, 2.05) is 36.4 Å². The third-order valence-corrected chi connectivity index (χ3v) is 5.65. The summed E-state index contributed by atoms with van der Waals surface area (Å²) in [6.45, 7) is 3.64. The van der Waals surface area contributed by atoms with Gasteiger partial charge in [0.25, 0.3) is 0 Å². The van der Waals surface area contributed by atoms with Gasteiger partial charge in [0, 0.05) is 49.4 Å². The van der Waals surface area contributed by atoms with Crippen LogP contribution in [0.3, 0.4) is 0 Å². The number of methoxy groups -OCH3 is 2. The van der Waals surface area contributed by atoms with Crippen molar-refractivity contribution in [2.75, 3.05) is 45.8 Å². The summed E-state index contributed by atoms with van der Waals surface area (Å²) in [5.74, 6) is 4.65. The van der Waals surface area contributed by atoms with E-state index in [-0.39, 0.29) is 0 Å². The summed E-state index contributed by atoms with van der Waals surface area (Å²) in [6.07, 6.45) is 9.42. The van der Waals surface area contributed by atoms with Crippen molar-refractivity contribution in [3.05, 3.63) is 48.3 Å². The fourth-order valence-electron chi connectivity index (χ4n) is 3.92. The molecule has 0 aliphatic carbocycles. The molecule has 0 bridgehead atoms. The van der Waals surface area contributed by atoms with Crippen molar-refractivity contribution in [2.24, 2.45) is 0 Å². The Kier molecular flexibility index (Phi) is 7.05. The van der Waals surface area contributed by atoms with Gasteiger partial charge >= 0.3 is 0 Å². The number of nitrogens with zero attached hydrogens (tertiary/aromatic N) is 3. The first-order valence-electron chi connectivity index (χ1n) is 10.7. The summed E-state index contributed by atoms with van der Waals surface area (Å²) < 4.78 is 17.1. The van der Waals surface area contributed by atoms with E-state index in [0.29, 0.717) is 30.0 Å². The van der Waals surface area contributed by atoms with Crippen LogP contribution in [-0.2, 0) is 4.74 Å². The van der Waals surface area contributed by atoms with Gasteiger partial charge in [0.2, 0.25) is 0 Å². The van der Waals surface area contributed by atoms with Crippen LogP contribution >= 0.6 is 0 Å². The maximum Gasteiger partial charge on any atom is 0.162 e. The maximum absolute atomic E-state index is 6.10. The molecule has 2 aromatic carbocycles. The van der Waals surface area contributed by atoms with Gasteiger partial charge in [-0.1, -0.05) is 12.0 Å². The van der Waals surface area contributed by atoms with Crippen LogP contribution in [0.25, 0.3) is 10.9 Å². The molecule has 0 spiro atoms. The van der Waals surface area contributed by atoms with Crippen LogP contribution in [-0.4, -0.2) is 61.4 Å². The molecule has 166 valence electrons. The molecule has 7 heteroatoms. The zero-order valence-electron chi connectivity index (χ0n) is 18.5. The van der Waals surface area contributed by atoms with Crippen molar-refractivity contribution in [2.45, 2.75) is 18.9 Å². The number of hydrogen-bond donors (Lipinski definition) is 1. The fraction of sp³-hybridized carbons (Fsp3) is 0.360. The first-order valence-corrected chi connectivity index (χ1v) is 10.7. The molecular formula is C25H28N4O3. The Bertz CT molecular complexity index is 1110. The molecule has 1 aliphatic rings. The molecule has 1 aromatic heterocycles. The summed E-state index contributed by atoms with van der Waals surface area (Å²) in [5.41, 5.74) is 2.43. The van der Waals surface area contributed by atoms with E-state index >= 15 is 0 Å². The lowest BCUT2D eigenvalue weighted by molar-refractivity contribution is 0.107. The number of rotatable bonds is 9. The molecular weight excluding hydrogens is 404 g/mol. The molecule has 4 rings (SSSR count). The Hall–Kier alpha value is -3.34. The van der Waals surface area contributed by atoms with E-state index in [2.05, 4.69) is 26.1 Å². The molecule has 0 amide bonds. The second-order valence-electron chi connectivity index (χ2n) is 7.74. The zero-order chi connectivity index (χ0) is 22.3. The Labute approximate surface area is 188 Å². The lowest BCUT2D eigenvalue weighted by Gasteiger charge is -2.17. The predicted molar refractivity (Wildman–Crippen MR) is 126 cm³/mol. The van der Waals surface area contributed by atoms with Gasteiger partial charge in [-0.15, -0.1) is 6.42 Å². The highest BCUT2D eigenvalue weighted by Gasteiger charge is 2.21. The quantitative estimate of drug-likeness (QED) is 0.407. The molecule has 32 heavy (non-hydrogen) atoms. The van der Waals surface area contributed by atoms with Crippen molar-refractivity contribution < 1.29 is 14.2 Å². The topological polar surface area (TPSA) is 68.7 Å². The molecule has 2 heterocycles. The number of anilines is 2. The van der Waals surface area contributed by atoms with Crippen LogP contribution in [0, 0.1) is 12.3 Å². The van der Waals surface area contributed by atoms with Gasteiger partial charge in [0.05, 0.1) is 25.3 Å². The molecule has 0 radical (unpaired) electrons. The highest BCUT2D eigenvalue weighted by Crippen LogP contribution is 2.35. The molecule has 1 saturated heterocycles. The molecule has 7 nitrogen and oxygen atoms in total. The lowest BCUT2D eigenvalue weighted by Crippen LogP contribution is -2.25. The predicted octanol–water partition coefficient (Wildman–Crippen LogP) is 3.85. The number of likely N-dealkylation sites (tertiary alicyclic amines) is 1. The van der Waals surface area contributed by atoms with Crippen LogP contribution in [0.1, 0.15) is 18.4 Å². The van der Waals surface area contributed by atoms with E-state index < -0.39 is 0 Å². The Morgan fingerprint density at radius 2 is 2.09 bits per heavy atom. The summed E-state index contributed by atoms with van der Waals surface area (Å²) in [4.78, 5) is 11.2. The molecule has 1 atom stereocenters. The van der Waals surface area contributed by atoms with E-state index in [0.717, 1.165) is 54.6 Å². The van der Waals surface area contributed by atoms with Gasteiger partial charge in [0.15, 0.2) is 11.5 Å². The third kappa shape index (κ3) is 5.10. The average Bonchev–Trinajstić information content (AvgIpc) is 3.30. The van der Waals surface area contributed by atoms with E-state index in [1.165, 1.54) is 6.33 Å². The smallest absolute Gasteiger partial charge is 0.162 e. The van der Waals surface area contributed by atoms with Crippen molar-refractivity contribution in [1.82, 2.24) is 14.9 Å². The standard InChI is InChI=1S/C25H28N4O3/c1-4-18-7-5-8-19(13-18)28-25-21-14-24(23(31-3)15-22(21)26-17-27-25)32-12-6-10-29-11-9-20(16-29)30-2/h1,5,7-8,13-15,17,20H,6,9-12,16H2,2-3H3,(H,26,27,28).